The van der Waals surface area contributed by atoms with Crippen LogP contribution in [0.15, 0.2) is 30.6 Å². The van der Waals surface area contributed by atoms with Crippen molar-refractivity contribution in [2.75, 3.05) is 0 Å². The van der Waals surface area contributed by atoms with Crippen LogP contribution in [0.1, 0.15) is 20.3 Å². The number of rotatable bonds is 0. The van der Waals surface area contributed by atoms with Crippen molar-refractivity contribution in [2.24, 2.45) is 7.05 Å². The summed E-state index contributed by atoms with van der Waals surface area (Å²) in [6.07, 6.45) is 5.25. The van der Waals surface area contributed by atoms with Gasteiger partial charge >= 0.3 is 0 Å². The minimum absolute atomic E-state index is 1.25. The number of hydrogen-bond donors (Lipinski definition) is 0. The molecule has 0 saturated carbocycles. The van der Waals surface area contributed by atoms with Crippen LogP contribution in [0.5, 0.6) is 0 Å². The standard InChI is InChI=1S/C6H8N.C3H8/c1-7-5-3-2-4-6-7;1-3-2/h2-6H,1H3;3H2,1-2H3/q+1;. The Kier molecular flexibility index (Phi) is 5.74. The molecule has 0 atom stereocenters. The molecule has 0 amide bonds. The fraction of sp³-hybridized carbons (Fsp3) is 0.444. The highest BCUT2D eigenvalue weighted by molar-refractivity contribution is 4.83. The van der Waals surface area contributed by atoms with Crippen molar-refractivity contribution in [3.8, 4) is 0 Å². The first kappa shape index (κ1) is 9.15. The second-order valence-corrected chi connectivity index (χ2v) is 2.25. The minimum Gasteiger partial charge on any atom is -0.208 e. The van der Waals surface area contributed by atoms with Crippen LogP contribution in [-0.2, 0) is 7.05 Å². The van der Waals surface area contributed by atoms with Gasteiger partial charge in [-0.15, -0.1) is 0 Å². The van der Waals surface area contributed by atoms with Gasteiger partial charge in [0.1, 0.15) is 7.05 Å². The molecule has 10 heavy (non-hydrogen) atoms. The Morgan fingerprint density at radius 1 is 1.00 bits per heavy atom. The molecule has 0 aliphatic rings. The predicted octanol–water partition coefficient (Wildman–Crippen LogP) is 1.93. The smallest absolute Gasteiger partial charge is 0.168 e. The fourth-order valence-corrected chi connectivity index (χ4v) is 0.485. The first-order valence-electron chi connectivity index (χ1n) is 3.71. The molecule has 0 spiro atoms. The molecule has 0 fully saturated rings. The molecule has 0 N–H and O–H groups in total. The maximum absolute atomic E-state index is 2.12. The zero-order chi connectivity index (χ0) is 7.82. The van der Waals surface area contributed by atoms with E-state index in [0.717, 1.165) is 0 Å². The van der Waals surface area contributed by atoms with Gasteiger partial charge in [0.25, 0.3) is 0 Å². The molecule has 1 aromatic heterocycles. The van der Waals surface area contributed by atoms with Crippen molar-refractivity contribution < 1.29 is 4.57 Å². The van der Waals surface area contributed by atoms with Gasteiger partial charge < -0.3 is 0 Å². The van der Waals surface area contributed by atoms with Gasteiger partial charge in [-0.05, 0) is 0 Å². The molecule has 0 aliphatic heterocycles. The summed E-state index contributed by atoms with van der Waals surface area (Å²) in [6.45, 7) is 4.25. The van der Waals surface area contributed by atoms with Crippen LogP contribution in [0.25, 0.3) is 0 Å². The third-order valence-corrected chi connectivity index (χ3v) is 0.865. The molecule has 1 heterocycles. The molecular formula is C9H16N+. The third kappa shape index (κ3) is 5.29. The van der Waals surface area contributed by atoms with E-state index in [1.165, 1.54) is 6.42 Å². The second kappa shape index (κ2) is 6.27. The second-order valence-electron chi connectivity index (χ2n) is 2.25. The van der Waals surface area contributed by atoms with Gasteiger partial charge in [-0.2, -0.15) is 0 Å². The van der Waals surface area contributed by atoms with E-state index < -0.39 is 0 Å². The van der Waals surface area contributed by atoms with Crippen molar-refractivity contribution in [1.29, 1.82) is 0 Å². The SMILES string of the molecule is CCC.C[n+]1ccccc1. The Morgan fingerprint density at radius 3 is 1.60 bits per heavy atom. The first-order chi connectivity index (χ1) is 4.81. The quantitative estimate of drug-likeness (QED) is 0.482. The molecule has 0 aromatic carbocycles. The van der Waals surface area contributed by atoms with Crippen LogP contribution in [-0.4, -0.2) is 0 Å². The molecule has 0 aliphatic carbocycles. The predicted molar refractivity (Wildman–Crippen MR) is 43.6 cm³/mol. The summed E-state index contributed by atoms with van der Waals surface area (Å²) in [7, 11) is 2.00. The average molecular weight is 138 g/mol. The summed E-state index contributed by atoms with van der Waals surface area (Å²) in [5, 5.41) is 0. The number of hydrogen-bond acceptors (Lipinski definition) is 0. The summed E-state index contributed by atoms with van der Waals surface area (Å²) in [5.41, 5.74) is 0. The Hall–Kier alpha value is -0.850. The molecular weight excluding hydrogens is 122 g/mol. The highest BCUT2D eigenvalue weighted by Crippen LogP contribution is 1.71. The summed E-state index contributed by atoms with van der Waals surface area (Å²) in [6, 6.07) is 6.00. The number of aromatic nitrogens is 1. The molecule has 56 valence electrons. The highest BCUT2D eigenvalue weighted by atomic mass is 14.9. The van der Waals surface area contributed by atoms with Crippen LogP contribution < -0.4 is 4.57 Å². The van der Waals surface area contributed by atoms with Crippen LogP contribution in [0.4, 0.5) is 0 Å². The van der Waals surface area contributed by atoms with Gasteiger partial charge in [0.2, 0.25) is 0 Å². The number of pyridine rings is 1. The Bertz CT molecular complexity index is 146. The molecule has 0 radical (unpaired) electrons. The van der Waals surface area contributed by atoms with Crippen molar-refractivity contribution in [3.05, 3.63) is 30.6 Å². The monoisotopic (exact) mass is 138 g/mol. The van der Waals surface area contributed by atoms with Crippen LogP contribution in [0.2, 0.25) is 0 Å². The lowest BCUT2D eigenvalue weighted by Gasteiger charge is -1.77. The number of nitrogens with zero attached hydrogens (tertiary/aromatic N) is 1. The summed E-state index contributed by atoms with van der Waals surface area (Å²) in [4.78, 5) is 0. The Morgan fingerprint density at radius 2 is 1.40 bits per heavy atom. The largest absolute Gasteiger partial charge is 0.208 e. The van der Waals surface area contributed by atoms with E-state index in [0.29, 0.717) is 0 Å². The van der Waals surface area contributed by atoms with Gasteiger partial charge in [0.05, 0.1) is 0 Å². The van der Waals surface area contributed by atoms with Crippen molar-refractivity contribution >= 4 is 0 Å². The summed E-state index contributed by atoms with van der Waals surface area (Å²) < 4.78 is 2.00. The van der Waals surface area contributed by atoms with E-state index in [1.54, 1.807) is 0 Å². The molecule has 0 saturated heterocycles. The van der Waals surface area contributed by atoms with Crippen molar-refractivity contribution in [2.45, 2.75) is 20.3 Å². The lowest BCUT2D eigenvalue weighted by atomic mass is 10.5. The summed E-state index contributed by atoms with van der Waals surface area (Å²) >= 11 is 0. The van der Waals surface area contributed by atoms with E-state index in [9.17, 15) is 0 Å². The third-order valence-electron chi connectivity index (χ3n) is 0.865. The molecule has 1 rings (SSSR count). The van der Waals surface area contributed by atoms with Gasteiger partial charge in [-0.3, -0.25) is 0 Å². The molecule has 0 unspecified atom stereocenters. The van der Waals surface area contributed by atoms with Crippen molar-refractivity contribution in [3.63, 3.8) is 0 Å². The van der Waals surface area contributed by atoms with Crippen LogP contribution >= 0.6 is 0 Å². The summed E-state index contributed by atoms with van der Waals surface area (Å²) in [5.74, 6) is 0. The zero-order valence-electron chi connectivity index (χ0n) is 7.04. The van der Waals surface area contributed by atoms with Gasteiger partial charge in [0, 0.05) is 12.1 Å². The van der Waals surface area contributed by atoms with E-state index >= 15 is 0 Å². The lowest BCUT2D eigenvalue weighted by molar-refractivity contribution is -0.671. The first-order valence-corrected chi connectivity index (χ1v) is 3.71. The van der Waals surface area contributed by atoms with Crippen LogP contribution in [0, 0.1) is 0 Å². The lowest BCUT2D eigenvalue weighted by Crippen LogP contribution is -2.25. The fourth-order valence-electron chi connectivity index (χ4n) is 0.485. The van der Waals surface area contributed by atoms with Gasteiger partial charge in [-0.25, -0.2) is 4.57 Å². The minimum atomic E-state index is 1.25. The average Bonchev–Trinajstić information content (AvgIpc) is 1.91. The zero-order valence-corrected chi connectivity index (χ0v) is 7.04. The Balaban J connectivity index is 0.000000236. The normalized spacial score (nSPS) is 7.90. The number of aryl methyl sites for hydroxylation is 1. The molecule has 0 bridgehead atoms. The van der Waals surface area contributed by atoms with E-state index in [2.05, 4.69) is 13.8 Å². The van der Waals surface area contributed by atoms with Crippen LogP contribution in [0.3, 0.4) is 0 Å². The van der Waals surface area contributed by atoms with E-state index in [1.807, 2.05) is 42.2 Å². The molecule has 1 aromatic rings. The van der Waals surface area contributed by atoms with E-state index in [4.69, 9.17) is 0 Å². The van der Waals surface area contributed by atoms with E-state index in [-0.39, 0.29) is 0 Å². The Labute approximate surface area is 63.3 Å². The molecule has 1 nitrogen and oxygen atoms in total. The van der Waals surface area contributed by atoms with Gasteiger partial charge in [0.15, 0.2) is 12.4 Å². The van der Waals surface area contributed by atoms with Gasteiger partial charge in [-0.1, -0.05) is 26.3 Å². The highest BCUT2D eigenvalue weighted by Gasteiger charge is 1.78. The van der Waals surface area contributed by atoms with Crippen molar-refractivity contribution in [1.82, 2.24) is 0 Å². The maximum Gasteiger partial charge on any atom is 0.168 e. The molecule has 1 heteroatoms. The topological polar surface area (TPSA) is 3.88 Å². The maximum atomic E-state index is 2.12.